The van der Waals surface area contributed by atoms with Crippen molar-refractivity contribution in [2.45, 2.75) is 6.92 Å². The number of rotatable bonds is 2. The van der Waals surface area contributed by atoms with Crippen molar-refractivity contribution >= 4 is 5.91 Å². The van der Waals surface area contributed by atoms with Gasteiger partial charge in [-0.15, -0.1) is 0 Å². The number of amides is 1. The van der Waals surface area contributed by atoms with Crippen LogP contribution in [0.25, 0.3) is 0 Å². The van der Waals surface area contributed by atoms with Crippen molar-refractivity contribution in [2.75, 3.05) is 13.1 Å². The van der Waals surface area contributed by atoms with E-state index in [1.165, 1.54) is 6.92 Å². The largest absolute Gasteiger partial charge is 0.329 e. The second kappa shape index (κ2) is 3.61. The average molecular weight is 101 g/mol. The van der Waals surface area contributed by atoms with Crippen LogP contribution < -0.4 is 11.1 Å². The molecule has 0 saturated heterocycles. The molecule has 3 nitrogen and oxygen atoms in total. The highest BCUT2D eigenvalue weighted by Gasteiger charge is 1.86. The molecule has 0 bridgehead atoms. The molecule has 0 aliphatic heterocycles. The third-order valence-electron chi connectivity index (χ3n) is 0.464. The second-order valence-electron chi connectivity index (χ2n) is 1.19. The van der Waals surface area contributed by atoms with E-state index in [0.717, 1.165) is 0 Å². The lowest BCUT2D eigenvalue weighted by Gasteiger charge is -1.89. The fourth-order valence-corrected chi connectivity index (χ4v) is 0.222. The van der Waals surface area contributed by atoms with E-state index in [-0.39, 0.29) is 5.91 Å². The maximum Gasteiger partial charge on any atom is 0.238 e. The molecule has 0 saturated carbocycles. The van der Waals surface area contributed by atoms with E-state index in [9.17, 15) is 4.79 Å². The number of hydrogen-bond donors (Lipinski definition) is 1. The van der Waals surface area contributed by atoms with Gasteiger partial charge < -0.3 is 5.73 Å². The number of nitrogens with two attached hydrogens (primary N) is 1. The van der Waals surface area contributed by atoms with Crippen molar-refractivity contribution in [1.82, 2.24) is 5.32 Å². The van der Waals surface area contributed by atoms with Crippen molar-refractivity contribution in [3.63, 3.8) is 0 Å². The Morgan fingerprint density at radius 1 is 1.86 bits per heavy atom. The Balaban J connectivity index is 2.82. The van der Waals surface area contributed by atoms with Gasteiger partial charge in [0.2, 0.25) is 5.91 Å². The van der Waals surface area contributed by atoms with Gasteiger partial charge in [0.1, 0.15) is 0 Å². The topological polar surface area (TPSA) is 57.2 Å². The molecular formula is C4H9N2O. The lowest BCUT2D eigenvalue weighted by Crippen LogP contribution is -2.19. The van der Waals surface area contributed by atoms with Gasteiger partial charge in [0, 0.05) is 13.5 Å². The molecule has 0 spiro atoms. The van der Waals surface area contributed by atoms with Crippen LogP contribution in [0.15, 0.2) is 0 Å². The van der Waals surface area contributed by atoms with Crippen molar-refractivity contribution in [1.29, 1.82) is 0 Å². The van der Waals surface area contributed by atoms with E-state index in [1.807, 2.05) is 0 Å². The zero-order valence-electron chi connectivity index (χ0n) is 4.35. The first-order valence-corrected chi connectivity index (χ1v) is 2.15. The summed E-state index contributed by atoms with van der Waals surface area (Å²) in [6, 6.07) is 0. The summed E-state index contributed by atoms with van der Waals surface area (Å²) in [7, 11) is 0. The van der Waals surface area contributed by atoms with E-state index in [0.29, 0.717) is 13.1 Å². The van der Waals surface area contributed by atoms with Gasteiger partial charge in [-0.1, -0.05) is 0 Å². The highest BCUT2D eigenvalue weighted by atomic mass is 16.1. The number of carbonyl (C=O) groups excluding carboxylic acids is 1. The minimum absolute atomic E-state index is 0.148. The molecule has 7 heavy (non-hydrogen) atoms. The van der Waals surface area contributed by atoms with Gasteiger partial charge >= 0.3 is 0 Å². The number of nitrogens with zero attached hydrogens (tertiary/aromatic N) is 1. The summed E-state index contributed by atoms with van der Waals surface area (Å²) in [5, 5.41) is 3.48. The van der Waals surface area contributed by atoms with Gasteiger partial charge in [0.15, 0.2) is 0 Å². The normalized spacial score (nSPS) is 8.29. The molecule has 0 unspecified atom stereocenters. The molecule has 0 aromatic rings. The van der Waals surface area contributed by atoms with Crippen LogP contribution in [0.4, 0.5) is 0 Å². The standard InChI is InChI=1S/C4H9N2O/c1-4(7)6-3-2-5/h2-3,5H2,1H3. The molecule has 0 fully saturated rings. The fraction of sp³-hybridized carbons (Fsp3) is 0.750. The van der Waals surface area contributed by atoms with Crippen LogP contribution in [0, 0.1) is 0 Å². The van der Waals surface area contributed by atoms with E-state index in [1.54, 1.807) is 0 Å². The van der Waals surface area contributed by atoms with Crippen molar-refractivity contribution in [3.05, 3.63) is 0 Å². The third kappa shape index (κ3) is 5.43. The van der Waals surface area contributed by atoms with E-state index in [4.69, 9.17) is 5.73 Å². The highest BCUT2D eigenvalue weighted by molar-refractivity contribution is 5.72. The molecule has 0 rings (SSSR count). The van der Waals surface area contributed by atoms with E-state index >= 15 is 0 Å². The first-order chi connectivity index (χ1) is 3.27. The molecule has 0 aliphatic carbocycles. The fourth-order valence-electron chi connectivity index (χ4n) is 0.222. The van der Waals surface area contributed by atoms with Gasteiger partial charge in [-0.2, -0.15) is 0 Å². The monoisotopic (exact) mass is 101 g/mol. The first kappa shape index (κ1) is 6.43. The molecule has 2 N–H and O–H groups in total. The smallest absolute Gasteiger partial charge is 0.238 e. The van der Waals surface area contributed by atoms with Crippen LogP contribution in [0.5, 0.6) is 0 Å². The average Bonchev–Trinajstić information content (AvgIpc) is 1.61. The second-order valence-corrected chi connectivity index (χ2v) is 1.19. The predicted octanol–water partition coefficient (Wildman–Crippen LogP) is -0.904. The zero-order valence-corrected chi connectivity index (χ0v) is 4.35. The maximum atomic E-state index is 9.98. The molecule has 0 atom stereocenters. The van der Waals surface area contributed by atoms with Crippen LogP contribution in [-0.4, -0.2) is 19.0 Å². The van der Waals surface area contributed by atoms with Gasteiger partial charge in [0.25, 0.3) is 0 Å². The van der Waals surface area contributed by atoms with Crippen LogP contribution in [0.3, 0.4) is 0 Å². The Kier molecular flexibility index (Phi) is 3.32. The lowest BCUT2D eigenvalue weighted by atomic mass is 10.6. The Bertz CT molecular complexity index is 62.7. The Labute approximate surface area is 42.9 Å². The summed E-state index contributed by atoms with van der Waals surface area (Å²) in [4.78, 5) is 9.98. The summed E-state index contributed by atoms with van der Waals surface area (Å²) < 4.78 is 0. The van der Waals surface area contributed by atoms with Crippen LogP contribution in [0.2, 0.25) is 0 Å². The third-order valence-corrected chi connectivity index (χ3v) is 0.464. The van der Waals surface area contributed by atoms with Gasteiger partial charge in [-0.25, -0.2) is 0 Å². The zero-order chi connectivity index (χ0) is 5.70. The van der Waals surface area contributed by atoms with Crippen LogP contribution >= 0.6 is 0 Å². The summed E-state index contributed by atoms with van der Waals surface area (Å²) in [5.41, 5.74) is 5.03. The van der Waals surface area contributed by atoms with Crippen molar-refractivity contribution in [2.24, 2.45) is 5.73 Å². The molecule has 0 aromatic carbocycles. The Hall–Kier alpha value is -0.570. The minimum Gasteiger partial charge on any atom is -0.329 e. The number of carbonyl (C=O) groups is 1. The van der Waals surface area contributed by atoms with E-state index < -0.39 is 0 Å². The summed E-state index contributed by atoms with van der Waals surface area (Å²) >= 11 is 0. The molecule has 1 radical (unpaired) electrons. The van der Waals surface area contributed by atoms with Gasteiger partial charge in [-0.3, -0.25) is 10.1 Å². The van der Waals surface area contributed by atoms with Crippen LogP contribution in [0.1, 0.15) is 6.92 Å². The summed E-state index contributed by atoms with van der Waals surface area (Å²) in [6.07, 6.45) is 0. The first-order valence-electron chi connectivity index (χ1n) is 2.15. The molecule has 0 heterocycles. The maximum absolute atomic E-state index is 9.98. The summed E-state index contributed by atoms with van der Waals surface area (Å²) in [6.45, 7) is 2.32. The molecule has 0 aliphatic rings. The Morgan fingerprint density at radius 2 is 2.43 bits per heavy atom. The molecule has 0 aromatic heterocycles. The van der Waals surface area contributed by atoms with Gasteiger partial charge in [-0.05, 0) is 0 Å². The van der Waals surface area contributed by atoms with Gasteiger partial charge in [0.05, 0.1) is 6.54 Å². The Morgan fingerprint density at radius 3 is 2.57 bits per heavy atom. The summed E-state index contributed by atoms with van der Waals surface area (Å²) in [5.74, 6) is -0.148. The molecule has 41 valence electrons. The quantitative estimate of drug-likeness (QED) is 0.490. The highest BCUT2D eigenvalue weighted by Crippen LogP contribution is 1.59. The molecule has 3 heteroatoms. The van der Waals surface area contributed by atoms with Crippen molar-refractivity contribution < 1.29 is 4.79 Å². The number of hydrogen-bond acceptors (Lipinski definition) is 2. The lowest BCUT2D eigenvalue weighted by molar-refractivity contribution is -0.119. The SMILES string of the molecule is CC(=O)[N]CCN. The predicted molar refractivity (Wildman–Crippen MR) is 26.7 cm³/mol. The molecule has 1 amide bonds. The molecular weight excluding hydrogens is 92.1 g/mol. The minimum atomic E-state index is -0.148. The van der Waals surface area contributed by atoms with Crippen LogP contribution in [-0.2, 0) is 4.79 Å². The van der Waals surface area contributed by atoms with Crippen molar-refractivity contribution in [3.8, 4) is 0 Å². The van der Waals surface area contributed by atoms with E-state index in [2.05, 4.69) is 5.32 Å².